The van der Waals surface area contributed by atoms with Gasteiger partial charge in [-0.1, -0.05) is 0 Å². The summed E-state index contributed by atoms with van der Waals surface area (Å²) in [6.07, 6.45) is -0.274. The molecule has 0 atom stereocenters. The van der Waals surface area contributed by atoms with Crippen molar-refractivity contribution in [2.75, 3.05) is 0 Å². The molecule has 0 saturated heterocycles. The highest BCUT2D eigenvalue weighted by molar-refractivity contribution is 6.42. The minimum atomic E-state index is -0.595. The average Bonchev–Trinajstić information content (AvgIpc) is 1.98. The fraction of sp³-hybridized carbons (Fsp3) is 0.500. The maximum atomic E-state index is 10.7. The second-order valence-corrected chi connectivity index (χ2v) is 3.45. The van der Waals surface area contributed by atoms with Crippen molar-refractivity contribution in [3.63, 3.8) is 0 Å². The zero-order chi connectivity index (χ0) is 9.72. The highest BCUT2D eigenvalue weighted by Gasteiger charge is 2.13. The Morgan fingerprint density at radius 2 is 1.08 bits per heavy atom. The van der Waals surface area contributed by atoms with Crippen LogP contribution in [0.5, 0.6) is 0 Å². The SMILES string of the molecule is O=C(CCC(=O)N(Cl)Cl)N(Cl)Cl. The van der Waals surface area contributed by atoms with Gasteiger partial charge >= 0.3 is 0 Å². The molecule has 0 aliphatic carbocycles. The largest absolute Gasteiger partial charge is 0.272 e. The Hall–Kier alpha value is 0.1000. The molecule has 0 aromatic heterocycles. The highest BCUT2D eigenvalue weighted by Crippen LogP contribution is 2.08. The number of rotatable bonds is 3. The number of amides is 2. The van der Waals surface area contributed by atoms with E-state index in [-0.39, 0.29) is 12.8 Å². The van der Waals surface area contributed by atoms with Crippen molar-refractivity contribution in [1.29, 1.82) is 0 Å². The van der Waals surface area contributed by atoms with Gasteiger partial charge in [0.15, 0.2) is 0 Å². The Kier molecular flexibility index (Phi) is 5.74. The molecule has 0 aliphatic heterocycles. The monoisotopic (exact) mass is 252 g/mol. The number of hydrogen-bond acceptors (Lipinski definition) is 2. The first kappa shape index (κ1) is 12.1. The predicted molar refractivity (Wildman–Crippen MR) is 46.3 cm³/mol. The van der Waals surface area contributed by atoms with Gasteiger partial charge in [-0.15, -0.1) is 0 Å². The van der Waals surface area contributed by atoms with E-state index in [0.717, 1.165) is 0 Å². The van der Waals surface area contributed by atoms with Gasteiger partial charge in [-0.05, 0) is 0 Å². The first-order valence-corrected chi connectivity index (χ1v) is 4.09. The zero-order valence-electron chi connectivity index (χ0n) is 5.64. The Morgan fingerprint density at radius 1 is 0.833 bits per heavy atom. The second kappa shape index (κ2) is 5.70. The van der Waals surface area contributed by atoms with Crippen LogP contribution in [0.2, 0.25) is 0 Å². The molecule has 0 rings (SSSR count). The van der Waals surface area contributed by atoms with Gasteiger partial charge in [-0.3, -0.25) is 9.59 Å². The third-order valence-electron chi connectivity index (χ3n) is 0.930. The normalized spacial score (nSPS) is 9.33. The summed E-state index contributed by atoms with van der Waals surface area (Å²) >= 11 is 20.2. The molecule has 0 bridgehead atoms. The molecule has 8 heteroatoms. The van der Waals surface area contributed by atoms with Crippen LogP contribution in [-0.4, -0.2) is 19.7 Å². The van der Waals surface area contributed by atoms with Crippen LogP contribution < -0.4 is 0 Å². The fourth-order valence-electron chi connectivity index (χ4n) is 0.383. The Morgan fingerprint density at radius 3 is 1.25 bits per heavy atom. The van der Waals surface area contributed by atoms with Gasteiger partial charge in [0.2, 0.25) is 0 Å². The zero-order valence-corrected chi connectivity index (χ0v) is 8.66. The minimum absolute atomic E-state index is 0.137. The van der Waals surface area contributed by atoms with Crippen LogP contribution in [0.1, 0.15) is 12.8 Å². The molecule has 0 aromatic rings. The van der Waals surface area contributed by atoms with Gasteiger partial charge in [0, 0.05) is 59.9 Å². The standard InChI is InChI=1S/C4H4Cl4N2O2/c5-9(6)3(11)1-2-4(12)10(7)8/h1-2H2. The van der Waals surface area contributed by atoms with E-state index in [9.17, 15) is 9.59 Å². The summed E-state index contributed by atoms with van der Waals surface area (Å²) in [5.41, 5.74) is 0. The van der Waals surface area contributed by atoms with Crippen molar-refractivity contribution in [1.82, 2.24) is 7.88 Å². The van der Waals surface area contributed by atoms with Crippen LogP contribution in [0.15, 0.2) is 0 Å². The first-order valence-electron chi connectivity index (χ1n) is 2.74. The van der Waals surface area contributed by atoms with Crippen molar-refractivity contribution < 1.29 is 9.59 Å². The van der Waals surface area contributed by atoms with E-state index >= 15 is 0 Å². The van der Waals surface area contributed by atoms with E-state index < -0.39 is 11.8 Å². The molecule has 70 valence electrons. The topological polar surface area (TPSA) is 40.6 Å². The summed E-state index contributed by atoms with van der Waals surface area (Å²) in [4.78, 5) is 21.3. The summed E-state index contributed by atoms with van der Waals surface area (Å²) in [6.45, 7) is 0. The Balaban J connectivity index is 3.69. The van der Waals surface area contributed by atoms with Gasteiger partial charge in [0.1, 0.15) is 0 Å². The number of nitrogens with zero attached hydrogens (tertiary/aromatic N) is 2. The molecule has 2 amide bonds. The van der Waals surface area contributed by atoms with Gasteiger partial charge < -0.3 is 0 Å². The molecule has 0 aliphatic rings. The van der Waals surface area contributed by atoms with E-state index in [1.807, 2.05) is 0 Å². The summed E-state index contributed by atoms with van der Waals surface area (Å²) in [7, 11) is 0. The Bertz CT molecular complexity index is 164. The first-order chi connectivity index (χ1) is 5.45. The van der Waals surface area contributed by atoms with E-state index in [2.05, 4.69) is 0 Å². The third-order valence-corrected chi connectivity index (χ3v) is 1.68. The van der Waals surface area contributed by atoms with Crippen LogP contribution in [0.4, 0.5) is 0 Å². The summed E-state index contributed by atoms with van der Waals surface area (Å²) in [6, 6.07) is 0. The molecule has 4 nitrogen and oxygen atoms in total. The molecule has 0 aromatic carbocycles. The molecule has 12 heavy (non-hydrogen) atoms. The molecule has 0 unspecified atom stereocenters. The molecule has 0 spiro atoms. The molecular weight excluding hydrogens is 250 g/mol. The van der Waals surface area contributed by atoms with Gasteiger partial charge in [0.25, 0.3) is 11.8 Å². The van der Waals surface area contributed by atoms with Crippen LogP contribution in [0.3, 0.4) is 0 Å². The minimum Gasteiger partial charge on any atom is -0.272 e. The van der Waals surface area contributed by atoms with Gasteiger partial charge in [-0.25, -0.2) is 0 Å². The molecule has 0 fully saturated rings. The van der Waals surface area contributed by atoms with E-state index in [0.29, 0.717) is 7.88 Å². The fourth-order valence-corrected chi connectivity index (χ4v) is 0.721. The van der Waals surface area contributed by atoms with Crippen LogP contribution in [0, 0.1) is 0 Å². The second-order valence-electron chi connectivity index (χ2n) is 1.75. The van der Waals surface area contributed by atoms with Crippen molar-refractivity contribution in [2.45, 2.75) is 12.8 Å². The summed E-state index contributed by atoms with van der Waals surface area (Å²) in [5, 5.41) is 0. The molecule has 0 N–H and O–H groups in total. The van der Waals surface area contributed by atoms with Crippen LogP contribution in [0.25, 0.3) is 0 Å². The van der Waals surface area contributed by atoms with Crippen molar-refractivity contribution in [2.24, 2.45) is 0 Å². The smallest absolute Gasteiger partial charge is 0.252 e. The predicted octanol–water partition coefficient (Wildman–Crippen LogP) is 2.04. The highest BCUT2D eigenvalue weighted by atomic mass is 35.5. The number of halogens is 4. The van der Waals surface area contributed by atoms with E-state index in [1.54, 1.807) is 0 Å². The molecule has 0 radical (unpaired) electrons. The number of hydrogen-bond donors (Lipinski definition) is 0. The maximum absolute atomic E-state index is 10.7. The van der Waals surface area contributed by atoms with Crippen molar-refractivity contribution in [3.05, 3.63) is 0 Å². The number of carbonyl (C=O) groups excluding carboxylic acids is 2. The lowest BCUT2D eigenvalue weighted by atomic mass is 10.3. The van der Waals surface area contributed by atoms with Crippen LogP contribution in [-0.2, 0) is 9.59 Å². The lowest BCUT2D eigenvalue weighted by molar-refractivity contribution is -0.128. The average molecular weight is 254 g/mol. The summed E-state index contributed by atoms with van der Waals surface area (Å²) in [5.74, 6) is -1.19. The summed E-state index contributed by atoms with van der Waals surface area (Å²) < 4.78 is 0.695. The van der Waals surface area contributed by atoms with E-state index in [4.69, 9.17) is 47.1 Å². The molecule has 0 saturated carbocycles. The molecular formula is C4H4Cl4N2O2. The number of carbonyl (C=O) groups is 2. The lowest BCUT2D eigenvalue weighted by Gasteiger charge is -2.04. The quantitative estimate of drug-likeness (QED) is 0.723. The Labute approximate surface area is 89.3 Å². The van der Waals surface area contributed by atoms with Crippen molar-refractivity contribution in [3.8, 4) is 0 Å². The molecule has 0 heterocycles. The van der Waals surface area contributed by atoms with Gasteiger partial charge in [0.05, 0.1) is 0 Å². The van der Waals surface area contributed by atoms with E-state index in [1.165, 1.54) is 0 Å². The van der Waals surface area contributed by atoms with Crippen molar-refractivity contribution >= 4 is 58.9 Å². The lowest BCUT2D eigenvalue weighted by Crippen LogP contribution is -2.16. The van der Waals surface area contributed by atoms with Crippen LogP contribution >= 0.6 is 47.1 Å². The maximum Gasteiger partial charge on any atom is 0.252 e. The third kappa shape index (κ3) is 4.87. The van der Waals surface area contributed by atoms with Gasteiger partial charge in [-0.2, -0.15) is 7.88 Å².